The highest BCUT2D eigenvalue weighted by molar-refractivity contribution is 5.70. The minimum atomic E-state index is -0.308. The number of hydrogen-bond donors (Lipinski definition) is 0. The van der Waals surface area contributed by atoms with Crippen LogP contribution in [0.5, 0.6) is 0 Å². The zero-order valence-corrected chi connectivity index (χ0v) is 16.6. The van der Waals surface area contributed by atoms with Crippen LogP contribution in [0.2, 0.25) is 0 Å². The highest BCUT2D eigenvalue weighted by atomic mass is 19.1. The summed E-state index contributed by atoms with van der Waals surface area (Å²) in [7, 11) is 1.39. The second kappa shape index (κ2) is 10.5. The number of carbonyl (C=O) groups is 1. The molecule has 0 bridgehead atoms. The summed E-state index contributed by atoms with van der Waals surface area (Å²) in [6.07, 6.45) is 1.00. The topological polar surface area (TPSA) is 29.5 Å². The molecule has 1 unspecified atom stereocenters. The summed E-state index contributed by atoms with van der Waals surface area (Å²) >= 11 is 0. The molecule has 3 nitrogen and oxygen atoms in total. The fraction of sp³-hybridized carbons (Fsp3) is 0.240. The zero-order valence-electron chi connectivity index (χ0n) is 16.6. The van der Waals surface area contributed by atoms with E-state index in [2.05, 4.69) is 29.2 Å². The normalized spacial score (nSPS) is 12.0. The fourth-order valence-electron chi connectivity index (χ4n) is 3.49. The van der Waals surface area contributed by atoms with E-state index in [1.165, 1.54) is 24.8 Å². The number of nitrogens with zero attached hydrogens (tertiary/aromatic N) is 1. The first-order valence-electron chi connectivity index (χ1n) is 9.80. The van der Waals surface area contributed by atoms with Gasteiger partial charge >= 0.3 is 5.97 Å². The van der Waals surface area contributed by atoms with E-state index in [-0.39, 0.29) is 24.2 Å². The molecule has 0 amide bonds. The Kier molecular flexibility index (Phi) is 7.54. The van der Waals surface area contributed by atoms with Crippen LogP contribution >= 0.6 is 0 Å². The Morgan fingerprint density at radius 1 is 0.931 bits per heavy atom. The van der Waals surface area contributed by atoms with Crippen LogP contribution in [0.4, 0.5) is 4.39 Å². The van der Waals surface area contributed by atoms with Gasteiger partial charge < -0.3 is 4.74 Å². The highest BCUT2D eigenvalue weighted by Gasteiger charge is 2.24. The number of benzene rings is 3. The highest BCUT2D eigenvalue weighted by Crippen LogP contribution is 2.28. The number of hydrogen-bond acceptors (Lipinski definition) is 3. The molecule has 4 heteroatoms. The lowest BCUT2D eigenvalue weighted by Crippen LogP contribution is -2.32. The number of carbonyl (C=O) groups excluding carboxylic acids is 1. The molecule has 0 aliphatic rings. The molecule has 0 aliphatic carbocycles. The van der Waals surface area contributed by atoms with Crippen LogP contribution in [0.1, 0.15) is 29.2 Å². The lowest BCUT2D eigenvalue weighted by atomic mass is 9.99. The molecule has 150 valence electrons. The van der Waals surface area contributed by atoms with Crippen molar-refractivity contribution in [1.82, 2.24) is 4.90 Å². The summed E-state index contributed by atoms with van der Waals surface area (Å²) in [6.45, 7) is 1.39. The number of halogens is 1. The van der Waals surface area contributed by atoms with Crippen molar-refractivity contribution in [2.45, 2.75) is 25.4 Å². The molecule has 29 heavy (non-hydrogen) atoms. The Morgan fingerprint density at radius 2 is 1.59 bits per heavy atom. The zero-order chi connectivity index (χ0) is 20.5. The molecule has 0 saturated carbocycles. The van der Waals surface area contributed by atoms with Gasteiger partial charge in [-0.25, -0.2) is 4.39 Å². The largest absolute Gasteiger partial charge is 0.469 e. The lowest BCUT2D eigenvalue weighted by Gasteiger charge is -2.32. The molecule has 3 aromatic rings. The van der Waals surface area contributed by atoms with Crippen LogP contribution in [0.25, 0.3) is 0 Å². The van der Waals surface area contributed by atoms with E-state index in [1.807, 2.05) is 42.5 Å². The second-order valence-electron chi connectivity index (χ2n) is 7.04. The van der Waals surface area contributed by atoms with Gasteiger partial charge in [0.1, 0.15) is 5.82 Å². The standard InChI is InChI=1S/C25H26FNO2/c1-29-25(28)18-24(22-13-8-14-23(26)17-22)27(19-21-11-6-3-7-12-21)16-15-20-9-4-2-5-10-20/h2-14,17,24H,15-16,18-19H2,1H3. The molecule has 0 fully saturated rings. The van der Waals surface area contributed by atoms with Gasteiger partial charge in [-0.3, -0.25) is 9.69 Å². The summed E-state index contributed by atoms with van der Waals surface area (Å²) in [4.78, 5) is 14.4. The summed E-state index contributed by atoms with van der Waals surface area (Å²) in [5.41, 5.74) is 3.15. The third-order valence-corrected chi connectivity index (χ3v) is 5.02. The van der Waals surface area contributed by atoms with Crippen molar-refractivity contribution in [3.05, 3.63) is 107 Å². The van der Waals surface area contributed by atoms with Crippen LogP contribution in [0.15, 0.2) is 84.9 Å². The van der Waals surface area contributed by atoms with Crippen molar-refractivity contribution in [3.63, 3.8) is 0 Å². The number of methoxy groups -OCH3 is 1. The van der Waals surface area contributed by atoms with Crippen molar-refractivity contribution in [3.8, 4) is 0 Å². The molecule has 0 saturated heterocycles. The average molecular weight is 391 g/mol. The smallest absolute Gasteiger partial charge is 0.307 e. The Hall–Kier alpha value is -2.98. The Bertz CT molecular complexity index is 899. The molecule has 0 heterocycles. The quantitative estimate of drug-likeness (QED) is 0.471. The Balaban J connectivity index is 1.90. The van der Waals surface area contributed by atoms with Crippen LogP contribution in [-0.2, 0) is 22.5 Å². The van der Waals surface area contributed by atoms with Gasteiger partial charge in [0.05, 0.1) is 13.5 Å². The first-order valence-corrected chi connectivity index (χ1v) is 9.80. The maximum absolute atomic E-state index is 14.0. The maximum Gasteiger partial charge on any atom is 0.307 e. The van der Waals surface area contributed by atoms with E-state index in [4.69, 9.17) is 4.74 Å². The third kappa shape index (κ3) is 6.26. The van der Waals surface area contributed by atoms with E-state index < -0.39 is 0 Å². The minimum absolute atomic E-state index is 0.168. The van der Waals surface area contributed by atoms with Crippen LogP contribution < -0.4 is 0 Å². The van der Waals surface area contributed by atoms with Gasteiger partial charge in [0, 0.05) is 19.1 Å². The van der Waals surface area contributed by atoms with Crippen LogP contribution in [0.3, 0.4) is 0 Å². The summed E-state index contributed by atoms with van der Waals surface area (Å²) in [6, 6.07) is 26.6. The first kappa shape index (κ1) is 20.7. The molecule has 0 aliphatic heterocycles. The number of ether oxygens (including phenoxy) is 1. The molecule has 3 rings (SSSR count). The van der Waals surface area contributed by atoms with Gasteiger partial charge in [-0.15, -0.1) is 0 Å². The SMILES string of the molecule is COC(=O)CC(c1cccc(F)c1)N(CCc1ccccc1)Cc1ccccc1. The predicted molar refractivity (Wildman–Crippen MR) is 113 cm³/mol. The van der Waals surface area contributed by atoms with E-state index in [1.54, 1.807) is 6.07 Å². The van der Waals surface area contributed by atoms with Crippen molar-refractivity contribution in [2.75, 3.05) is 13.7 Å². The van der Waals surface area contributed by atoms with Crippen molar-refractivity contribution in [1.29, 1.82) is 0 Å². The summed E-state index contributed by atoms with van der Waals surface area (Å²) in [5, 5.41) is 0. The van der Waals surface area contributed by atoms with E-state index >= 15 is 0 Å². The second-order valence-corrected chi connectivity index (χ2v) is 7.04. The Labute approximate surface area is 171 Å². The molecule has 0 spiro atoms. The van der Waals surface area contributed by atoms with Gasteiger partial charge in [0.25, 0.3) is 0 Å². The van der Waals surface area contributed by atoms with Crippen molar-refractivity contribution >= 4 is 5.97 Å². The fourth-order valence-corrected chi connectivity index (χ4v) is 3.49. The van der Waals surface area contributed by atoms with Crippen LogP contribution in [0, 0.1) is 5.82 Å². The molecular formula is C25H26FNO2. The molecule has 0 radical (unpaired) electrons. The molecule has 0 N–H and O–H groups in total. The first-order chi connectivity index (χ1) is 14.2. The third-order valence-electron chi connectivity index (χ3n) is 5.02. The van der Waals surface area contributed by atoms with Crippen molar-refractivity contribution < 1.29 is 13.9 Å². The van der Waals surface area contributed by atoms with Gasteiger partial charge in [-0.05, 0) is 35.2 Å². The van der Waals surface area contributed by atoms with Gasteiger partial charge in [-0.2, -0.15) is 0 Å². The van der Waals surface area contributed by atoms with E-state index in [0.29, 0.717) is 6.54 Å². The summed E-state index contributed by atoms with van der Waals surface area (Å²) in [5.74, 6) is -0.614. The van der Waals surface area contributed by atoms with E-state index in [9.17, 15) is 9.18 Å². The van der Waals surface area contributed by atoms with Gasteiger partial charge in [-0.1, -0.05) is 72.8 Å². The molecule has 0 aromatic heterocycles. The predicted octanol–water partition coefficient (Wildman–Crippen LogP) is 5.17. The lowest BCUT2D eigenvalue weighted by molar-refractivity contribution is -0.142. The molecule has 1 atom stereocenters. The minimum Gasteiger partial charge on any atom is -0.469 e. The maximum atomic E-state index is 14.0. The molecule has 3 aromatic carbocycles. The van der Waals surface area contributed by atoms with Gasteiger partial charge in [0.2, 0.25) is 0 Å². The molecular weight excluding hydrogens is 365 g/mol. The monoisotopic (exact) mass is 391 g/mol. The average Bonchev–Trinajstić information content (AvgIpc) is 2.76. The number of rotatable bonds is 9. The van der Waals surface area contributed by atoms with Gasteiger partial charge in [0.15, 0.2) is 0 Å². The Morgan fingerprint density at radius 3 is 2.21 bits per heavy atom. The van der Waals surface area contributed by atoms with Crippen molar-refractivity contribution in [2.24, 2.45) is 0 Å². The van der Waals surface area contributed by atoms with Crippen LogP contribution in [-0.4, -0.2) is 24.5 Å². The van der Waals surface area contributed by atoms with E-state index in [0.717, 1.165) is 24.1 Å². The summed E-state index contributed by atoms with van der Waals surface area (Å²) < 4.78 is 18.9. The number of esters is 1.